The lowest BCUT2D eigenvalue weighted by Crippen LogP contribution is -2.47. The number of nitrogens with one attached hydrogen (secondary N) is 1. The predicted molar refractivity (Wildman–Crippen MR) is 106 cm³/mol. The van der Waals surface area contributed by atoms with Crippen molar-refractivity contribution in [2.75, 3.05) is 20.2 Å². The number of fused-ring (bicyclic) bond motifs is 1. The number of nitrogens with zero attached hydrogens (tertiary/aromatic N) is 3. The Morgan fingerprint density at radius 1 is 1.21 bits per heavy atom. The number of carbonyl (C=O) groups is 2. The monoisotopic (exact) mass is 394 g/mol. The number of amides is 1. The molecule has 1 aromatic carbocycles. The predicted octanol–water partition coefficient (Wildman–Crippen LogP) is 2.53. The molecule has 3 heterocycles. The topological polar surface area (TPSA) is 97.4 Å². The molecule has 2 aromatic heterocycles. The first-order valence-electron chi connectivity index (χ1n) is 9.50. The number of Topliss-reactive ketones (excluding diaryl/α,β-unsaturated/α-hetero) is 1. The largest absolute Gasteiger partial charge is 0.480 e. The van der Waals surface area contributed by atoms with E-state index in [2.05, 4.69) is 15.0 Å². The van der Waals surface area contributed by atoms with E-state index in [1.807, 2.05) is 31.2 Å². The summed E-state index contributed by atoms with van der Waals surface area (Å²) < 4.78 is 10.9. The van der Waals surface area contributed by atoms with Crippen LogP contribution in [0.2, 0.25) is 0 Å². The standard InChI is InChI=1S/C21H22N4O4/c1-13-19(15-7-3-4-8-16(15)23-13)20(26)21(27)25-9-5-6-14(12-25)29-18-11-22-10-17(24-18)28-2/h3-4,7-8,10-11,14,23H,5-6,9,12H2,1-2H3. The van der Waals surface area contributed by atoms with Gasteiger partial charge in [-0.1, -0.05) is 18.2 Å². The van der Waals surface area contributed by atoms with Crippen LogP contribution in [0.5, 0.6) is 11.8 Å². The second-order valence-corrected chi connectivity index (χ2v) is 7.03. The number of carbonyl (C=O) groups excluding carboxylic acids is 2. The summed E-state index contributed by atoms with van der Waals surface area (Å²) in [6.07, 6.45) is 4.25. The molecule has 0 aliphatic carbocycles. The van der Waals surface area contributed by atoms with E-state index in [0.29, 0.717) is 36.1 Å². The Bertz CT molecular complexity index is 1060. The lowest BCUT2D eigenvalue weighted by molar-refractivity contribution is -0.129. The van der Waals surface area contributed by atoms with Crippen molar-refractivity contribution in [1.29, 1.82) is 0 Å². The quantitative estimate of drug-likeness (QED) is 0.528. The van der Waals surface area contributed by atoms with Crippen LogP contribution in [0, 0.1) is 6.92 Å². The Balaban J connectivity index is 1.49. The molecular weight excluding hydrogens is 372 g/mol. The maximum atomic E-state index is 13.0. The van der Waals surface area contributed by atoms with E-state index >= 15 is 0 Å². The van der Waals surface area contributed by atoms with Gasteiger partial charge in [-0.3, -0.25) is 14.6 Å². The number of hydrogen-bond donors (Lipinski definition) is 1. The van der Waals surface area contributed by atoms with Crippen molar-refractivity contribution in [1.82, 2.24) is 19.9 Å². The SMILES string of the molecule is COc1cncc(OC2CCCN(C(=O)C(=O)c3c(C)[nH]c4ccccc34)C2)n1. The zero-order valence-electron chi connectivity index (χ0n) is 16.3. The van der Waals surface area contributed by atoms with Gasteiger partial charge in [-0.2, -0.15) is 4.98 Å². The molecule has 0 saturated carbocycles. The third kappa shape index (κ3) is 3.78. The van der Waals surface area contributed by atoms with Crippen molar-refractivity contribution < 1.29 is 19.1 Å². The highest BCUT2D eigenvalue weighted by Gasteiger charge is 2.31. The van der Waals surface area contributed by atoms with Gasteiger partial charge < -0.3 is 19.4 Å². The van der Waals surface area contributed by atoms with Gasteiger partial charge in [0.15, 0.2) is 0 Å². The number of H-pyrrole nitrogens is 1. The number of para-hydroxylation sites is 1. The number of aryl methyl sites for hydroxylation is 1. The number of aromatic nitrogens is 3. The van der Waals surface area contributed by atoms with Crippen molar-refractivity contribution in [3.8, 4) is 11.8 Å². The van der Waals surface area contributed by atoms with E-state index in [1.54, 1.807) is 4.90 Å². The number of methoxy groups -OCH3 is 1. The van der Waals surface area contributed by atoms with Gasteiger partial charge in [-0.05, 0) is 25.8 Å². The number of benzene rings is 1. The van der Waals surface area contributed by atoms with Crippen molar-refractivity contribution >= 4 is 22.6 Å². The minimum absolute atomic E-state index is 0.258. The summed E-state index contributed by atoms with van der Waals surface area (Å²) in [5, 5.41) is 0.764. The average Bonchev–Trinajstić information content (AvgIpc) is 3.08. The summed E-state index contributed by atoms with van der Waals surface area (Å²) >= 11 is 0. The summed E-state index contributed by atoms with van der Waals surface area (Å²) in [6, 6.07) is 7.49. The third-order valence-electron chi connectivity index (χ3n) is 5.07. The molecule has 1 aliphatic rings. The number of ether oxygens (including phenoxy) is 2. The van der Waals surface area contributed by atoms with Crippen LogP contribution in [0.4, 0.5) is 0 Å². The normalized spacial score (nSPS) is 16.6. The van der Waals surface area contributed by atoms with Gasteiger partial charge in [0.2, 0.25) is 11.8 Å². The molecule has 8 nitrogen and oxygen atoms in total. The molecule has 150 valence electrons. The Morgan fingerprint density at radius 3 is 2.83 bits per heavy atom. The van der Waals surface area contributed by atoms with E-state index in [-0.39, 0.29) is 6.10 Å². The van der Waals surface area contributed by atoms with Crippen molar-refractivity contribution in [3.63, 3.8) is 0 Å². The molecule has 1 aliphatic heterocycles. The summed E-state index contributed by atoms with van der Waals surface area (Å²) in [6.45, 7) is 2.66. The first-order valence-corrected chi connectivity index (χ1v) is 9.50. The summed E-state index contributed by atoms with van der Waals surface area (Å²) in [7, 11) is 1.51. The minimum atomic E-state index is -0.511. The van der Waals surface area contributed by atoms with Gasteiger partial charge in [-0.15, -0.1) is 0 Å². The van der Waals surface area contributed by atoms with E-state index in [1.165, 1.54) is 19.5 Å². The third-order valence-corrected chi connectivity index (χ3v) is 5.07. The van der Waals surface area contributed by atoms with E-state index in [4.69, 9.17) is 9.47 Å². The summed E-state index contributed by atoms with van der Waals surface area (Å²) in [5.74, 6) is -0.316. The van der Waals surface area contributed by atoms with Gasteiger partial charge in [0.05, 0.1) is 31.6 Å². The molecule has 0 spiro atoms. The maximum Gasteiger partial charge on any atom is 0.295 e. The molecule has 3 aromatic rings. The fourth-order valence-corrected chi connectivity index (χ4v) is 3.70. The van der Waals surface area contributed by atoms with Crippen molar-refractivity contribution in [2.24, 2.45) is 0 Å². The van der Waals surface area contributed by atoms with Crippen LogP contribution in [0.15, 0.2) is 36.7 Å². The minimum Gasteiger partial charge on any atom is -0.480 e. The van der Waals surface area contributed by atoms with Crippen LogP contribution in [0.25, 0.3) is 10.9 Å². The maximum absolute atomic E-state index is 13.0. The van der Waals surface area contributed by atoms with E-state index < -0.39 is 11.7 Å². The summed E-state index contributed by atoms with van der Waals surface area (Å²) in [5.41, 5.74) is 1.98. The highest BCUT2D eigenvalue weighted by atomic mass is 16.5. The van der Waals surface area contributed by atoms with Crippen molar-refractivity contribution in [3.05, 3.63) is 47.9 Å². The lowest BCUT2D eigenvalue weighted by atomic mass is 10.0. The first kappa shape index (κ1) is 18.9. The van der Waals surface area contributed by atoms with Crippen LogP contribution in [0.3, 0.4) is 0 Å². The second kappa shape index (κ2) is 7.90. The van der Waals surface area contributed by atoms with Crippen LogP contribution in [-0.4, -0.2) is 57.8 Å². The fraction of sp³-hybridized carbons (Fsp3) is 0.333. The zero-order valence-corrected chi connectivity index (χ0v) is 16.3. The number of rotatable bonds is 5. The molecular formula is C21H22N4O4. The Morgan fingerprint density at radius 2 is 2.00 bits per heavy atom. The molecule has 1 amide bonds. The Labute approximate surface area is 167 Å². The van der Waals surface area contributed by atoms with Gasteiger partial charge in [-0.25, -0.2) is 0 Å². The van der Waals surface area contributed by atoms with E-state index in [9.17, 15) is 9.59 Å². The van der Waals surface area contributed by atoms with Gasteiger partial charge in [0, 0.05) is 23.1 Å². The number of piperidine rings is 1. The Hall–Kier alpha value is -3.42. The zero-order chi connectivity index (χ0) is 20.4. The first-order chi connectivity index (χ1) is 14.1. The molecule has 0 radical (unpaired) electrons. The van der Waals surface area contributed by atoms with Gasteiger partial charge in [0.25, 0.3) is 11.7 Å². The lowest BCUT2D eigenvalue weighted by Gasteiger charge is -2.32. The molecule has 1 N–H and O–H groups in total. The second-order valence-electron chi connectivity index (χ2n) is 7.03. The summed E-state index contributed by atoms with van der Waals surface area (Å²) in [4.78, 5) is 38.9. The molecule has 4 rings (SSSR count). The number of aromatic amines is 1. The molecule has 8 heteroatoms. The molecule has 1 fully saturated rings. The van der Waals surface area contributed by atoms with Crippen molar-refractivity contribution in [2.45, 2.75) is 25.9 Å². The highest BCUT2D eigenvalue weighted by molar-refractivity contribution is 6.45. The van der Waals surface area contributed by atoms with Crippen LogP contribution in [0.1, 0.15) is 28.9 Å². The smallest absolute Gasteiger partial charge is 0.295 e. The van der Waals surface area contributed by atoms with Crippen LogP contribution >= 0.6 is 0 Å². The Kier molecular flexibility index (Phi) is 5.16. The van der Waals surface area contributed by atoms with Gasteiger partial charge >= 0.3 is 0 Å². The van der Waals surface area contributed by atoms with Crippen LogP contribution in [-0.2, 0) is 4.79 Å². The molecule has 1 saturated heterocycles. The van der Waals surface area contributed by atoms with E-state index in [0.717, 1.165) is 23.7 Å². The molecule has 1 unspecified atom stereocenters. The van der Waals surface area contributed by atoms with Crippen LogP contribution < -0.4 is 9.47 Å². The average molecular weight is 394 g/mol. The molecule has 29 heavy (non-hydrogen) atoms. The number of likely N-dealkylation sites (tertiary alicyclic amines) is 1. The highest BCUT2D eigenvalue weighted by Crippen LogP contribution is 2.24. The fourth-order valence-electron chi connectivity index (χ4n) is 3.70. The number of hydrogen-bond acceptors (Lipinski definition) is 6. The molecule has 1 atom stereocenters. The van der Waals surface area contributed by atoms with Gasteiger partial charge in [0.1, 0.15) is 6.10 Å². The number of ketones is 1. The molecule has 0 bridgehead atoms.